The molecule has 59 heavy (non-hydrogen) atoms. The minimum absolute atomic E-state index is 0. The van der Waals surface area contributed by atoms with Crippen LogP contribution in [0, 0.1) is 33.5 Å². The van der Waals surface area contributed by atoms with Gasteiger partial charge in [0.2, 0.25) is 10.4 Å². The first kappa shape index (κ1) is 48.1. The van der Waals surface area contributed by atoms with Crippen molar-refractivity contribution >= 4 is 16.4 Å². The summed E-state index contributed by atoms with van der Waals surface area (Å²) in [5.41, 5.74) is -6.28. The number of carbonyl (C=O) groups excluding carboxylic acids is 1. The molecule has 7 rings (SSSR count). The Morgan fingerprint density at radius 2 is 1.56 bits per heavy atom. The molecule has 3 saturated carbocycles. The van der Waals surface area contributed by atoms with E-state index in [9.17, 15) is 53.5 Å². The van der Waals surface area contributed by atoms with Gasteiger partial charge in [0.05, 0.1) is 31.0 Å². The quantitative estimate of drug-likeness (QED) is 0.0304. The second-order valence-electron chi connectivity index (χ2n) is 20.1. The number of rotatable bonds is 10. The molecule has 4 aliphatic carbocycles. The molecule has 0 bridgehead atoms. The number of aliphatic hydroxyl groups is 7. The molecular formula is C40H63NaO17S. The largest absolute Gasteiger partial charge is 1.00 e. The molecule has 17 atom stereocenters. The number of cyclic esters (lactones) is 1. The normalized spacial score (nSPS) is 49.4. The van der Waals surface area contributed by atoms with Crippen molar-refractivity contribution < 1.29 is 111 Å². The summed E-state index contributed by atoms with van der Waals surface area (Å²) in [6.45, 7) is 12.5. The van der Waals surface area contributed by atoms with Crippen LogP contribution in [0.15, 0.2) is 11.6 Å². The summed E-state index contributed by atoms with van der Waals surface area (Å²) in [5.74, 6) is -0.772. The summed E-state index contributed by atoms with van der Waals surface area (Å²) in [6, 6.07) is 0. The van der Waals surface area contributed by atoms with Crippen LogP contribution in [0.3, 0.4) is 0 Å². The van der Waals surface area contributed by atoms with Crippen molar-refractivity contribution in [2.45, 2.75) is 184 Å². The number of hydrogen-bond acceptors (Lipinski definition) is 17. The molecule has 0 amide bonds. The van der Waals surface area contributed by atoms with Crippen molar-refractivity contribution in [3.63, 3.8) is 0 Å². The maximum Gasteiger partial charge on any atom is 1.00 e. The molecule has 0 radical (unpaired) electrons. The van der Waals surface area contributed by atoms with Crippen LogP contribution in [0.2, 0.25) is 0 Å². The van der Waals surface area contributed by atoms with Crippen LogP contribution in [0.4, 0.5) is 0 Å². The second kappa shape index (κ2) is 16.0. The molecule has 3 aliphatic heterocycles. The van der Waals surface area contributed by atoms with E-state index in [0.29, 0.717) is 51.4 Å². The summed E-state index contributed by atoms with van der Waals surface area (Å²) in [5, 5.41) is 77.5. The van der Waals surface area contributed by atoms with Gasteiger partial charge in [-0.25, -0.2) is 8.42 Å². The Labute approximate surface area is 368 Å². The average Bonchev–Trinajstić information content (AvgIpc) is 3.47. The zero-order valence-corrected chi connectivity index (χ0v) is 38.2. The monoisotopic (exact) mass is 870 g/mol. The molecule has 332 valence electrons. The van der Waals surface area contributed by atoms with Crippen molar-refractivity contribution in [3.05, 3.63) is 11.6 Å². The molecule has 0 aromatic heterocycles. The number of hydrogen-bond donors (Lipinski definition) is 7. The number of fused-ring (bicyclic) bond motifs is 4. The van der Waals surface area contributed by atoms with Gasteiger partial charge in [-0.3, -0.25) is 8.98 Å². The van der Waals surface area contributed by atoms with Crippen molar-refractivity contribution in [1.29, 1.82) is 0 Å². The zero-order chi connectivity index (χ0) is 42.8. The van der Waals surface area contributed by atoms with Gasteiger partial charge in [-0.05, 0) is 107 Å². The molecule has 19 heteroatoms. The summed E-state index contributed by atoms with van der Waals surface area (Å²) in [7, 11) is -5.28. The van der Waals surface area contributed by atoms with Crippen LogP contribution in [0.5, 0.6) is 0 Å². The van der Waals surface area contributed by atoms with Gasteiger partial charge in [-0.15, -0.1) is 0 Å². The fraction of sp³-hybridized carbons (Fsp3) is 0.925. The number of carbonyl (C=O) groups is 1. The van der Waals surface area contributed by atoms with E-state index >= 15 is 0 Å². The summed E-state index contributed by atoms with van der Waals surface area (Å²) < 4.78 is 69.0. The first-order valence-electron chi connectivity index (χ1n) is 20.7. The van der Waals surface area contributed by atoms with Gasteiger partial charge in [-0.1, -0.05) is 39.3 Å². The molecule has 17 nitrogen and oxygen atoms in total. The van der Waals surface area contributed by atoms with Crippen molar-refractivity contribution in [3.8, 4) is 0 Å². The molecule has 6 fully saturated rings. The van der Waals surface area contributed by atoms with E-state index in [4.69, 9.17) is 23.7 Å². The minimum atomic E-state index is -5.28. The predicted octanol–water partition coefficient (Wildman–Crippen LogP) is -2.31. The number of esters is 1. The summed E-state index contributed by atoms with van der Waals surface area (Å²) in [4.78, 5) is 14.3. The minimum Gasteiger partial charge on any atom is -0.726 e. The third-order valence-electron chi connectivity index (χ3n) is 16.0. The molecule has 7 N–H and O–H groups in total. The third-order valence-corrected chi connectivity index (χ3v) is 16.4. The van der Waals surface area contributed by atoms with E-state index in [-0.39, 0.29) is 47.8 Å². The molecule has 3 saturated heterocycles. The van der Waals surface area contributed by atoms with Crippen LogP contribution < -0.4 is 29.6 Å². The van der Waals surface area contributed by atoms with Gasteiger partial charge >= 0.3 is 35.5 Å². The zero-order valence-electron chi connectivity index (χ0n) is 35.4. The molecule has 7 aliphatic rings. The second-order valence-corrected chi connectivity index (χ2v) is 21.1. The number of ether oxygens (including phenoxy) is 5. The Morgan fingerprint density at radius 3 is 2.20 bits per heavy atom. The van der Waals surface area contributed by atoms with Crippen LogP contribution in [0.1, 0.15) is 106 Å². The average molecular weight is 871 g/mol. The number of allylic oxidation sites excluding steroid dienone is 1. The Morgan fingerprint density at radius 1 is 0.898 bits per heavy atom. The van der Waals surface area contributed by atoms with Crippen molar-refractivity contribution in [1.82, 2.24) is 0 Å². The van der Waals surface area contributed by atoms with Crippen LogP contribution in [0.25, 0.3) is 0 Å². The predicted molar refractivity (Wildman–Crippen MR) is 199 cm³/mol. The molecule has 0 aromatic rings. The fourth-order valence-electron chi connectivity index (χ4n) is 12.9. The maximum absolute atomic E-state index is 14.3. The van der Waals surface area contributed by atoms with Crippen LogP contribution >= 0.6 is 0 Å². The van der Waals surface area contributed by atoms with Gasteiger partial charge in [0, 0.05) is 0 Å². The Bertz CT molecular complexity index is 1740. The van der Waals surface area contributed by atoms with Crippen molar-refractivity contribution in [2.24, 2.45) is 33.5 Å². The van der Waals surface area contributed by atoms with Gasteiger partial charge < -0.3 is 64.0 Å². The topological polar surface area (TPSA) is 271 Å². The van der Waals surface area contributed by atoms with Gasteiger partial charge in [0.1, 0.15) is 53.2 Å². The number of aliphatic hydroxyl groups excluding tert-OH is 5. The first-order chi connectivity index (χ1) is 26.7. The molecule has 11 unspecified atom stereocenters. The van der Waals surface area contributed by atoms with Gasteiger partial charge in [-0.2, -0.15) is 0 Å². The van der Waals surface area contributed by atoms with E-state index in [1.165, 1.54) is 0 Å². The molecular weight excluding hydrogens is 807 g/mol. The Balaban J connectivity index is 0.00000585. The molecule has 0 aromatic carbocycles. The fourth-order valence-corrected chi connectivity index (χ4v) is 13.4. The Hall–Kier alpha value is -0.360. The first-order valence-corrected chi connectivity index (χ1v) is 22.0. The van der Waals surface area contributed by atoms with E-state index < -0.39 is 129 Å². The van der Waals surface area contributed by atoms with E-state index in [0.717, 1.165) is 5.57 Å². The van der Waals surface area contributed by atoms with Crippen molar-refractivity contribution in [2.75, 3.05) is 13.2 Å². The standard InChI is InChI=1S/C40H64O17S.Na/c1-34(2,47)12-8-13-38(7)39(48)16-15-37(6)20-9-10-24-35(3,4)26(11-14-36(24,5)21(20)17-25(42)40(37,39)33(46)56-38)54-32-30(28(44)23(19-53-32)57-58(49,50)51)55-31-29(45)27(43)22(41)18-52-31;/h17,20,22-32,41-45,47-48H,8-16,18-19H2,1-7H3,(H,49,50,51);/q;+1/p-1/t20?,22?,23?,24?,25-,26-,27?,28?,29?,30?,31?,32?,36+,37-,38-,39-,40?;/m0./s1. The maximum atomic E-state index is 14.3. The van der Waals surface area contributed by atoms with Gasteiger partial charge in [0.15, 0.2) is 12.6 Å². The van der Waals surface area contributed by atoms with Crippen LogP contribution in [-0.4, -0.2) is 146 Å². The van der Waals surface area contributed by atoms with Crippen LogP contribution in [-0.2, 0) is 43.1 Å². The summed E-state index contributed by atoms with van der Waals surface area (Å²) in [6.07, 6.45) is -8.50. The van der Waals surface area contributed by atoms with Gasteiger partial charge in [0.25, 0.3) is 0 Å². The SMILES string of the molecule is CC(C)(O)CCC[C@]1(C)OC(=O)C23[C@@H](O)C=C4C(CCC5C(C)(C)[C@@H](OC6OCC(OS(=O)(=O)[O-])C(O)C6OC6OCC(O)C(O)C6O)CC[C@]45C)[C@]2(C)CC[C@@]31O.[Na+]. The molecule has 3 heterocycles. The van der Waals surface area contributed by atoms with E-state index in [2.05, 4.69) is 25.0 Å². The molecule has 1 spiro atoms. The van der Waals surface area contributed by atoms with E-state index in [1.807, 2.05) is 13.0 Å². The smallest absolute Gasteiger partial charge is 0.726 e. The Kier molecular flexibility index (Phi) is 13.0. The summed E-state index contributed by atoms with van der Waals surface area (Å²) >= 11 is 0. The van der Waals surface area contributed by atoms with E-state index in [1.54, 1.807) is 20.8 Å². The third kappa shape index (κ3) is 7.46.